The molecule has 0 saturated heterocycles. The Balaban J connectivity index is 2.96. The van der Waals surface area contributed by atoms with Crippen LogP contribution < -0.4 is 0 Å². The normalized spacial score (nSPS) is 10.6. The smallest absolute Gasteiger partial charge is 0.123 e. The number of aromatic hydroxyl groups is 2. The van der Waals surface area contributed by atoms with E-state index in [0.717, 1.165) is 0 Å². The minimum Gasteiger partial charge on any atom is -0.507 e. The molecule has 0 aliphatic heterocycles. The van der Waals surface area contributed by atoms with Gasteiger partial charge in [0.1, 0.15) is 11.5 Å². The second-order valence-electron chi connectivity index (χ2n) is 3.01. The van der Waals surface area contributed by atoms with E-state index in [4.69, 9.17) is 0 Å². The summed E-state index contributed by atoms with van der Waals surface area (Å²) in [6.07, 6.45) is 0. The monoisotopic (exact) mass is 167 g/mol. The molecule has 1 aromatic rings. The van der Waals surface area contributed by atoms with Crippen molar-refractivity contribution in [3.63, 3.8) is 0 Å². The van der Waals surface area contributed by atoms with Gasteiger partial charge in [-0.2, -0.15) is 0 Å². The van der Waals surface area contributed by atoms with Gasteiger partial charge >= 0.3 is 0 Å². The molecule has 0 radical (unpaired) electrons. The van der Waals surface area contributed by atoms with Crippen LogP contribution in [0.15, 0.2) is 18.2 Å². The van der Waals surface area contributed by atoms with Crippen LogP contribution in [0.3, 0.4) is 0 Å². The van der Waals surface area contributed by atoms with Gasteiger partial charge in [0.05, 0.1) is 0 Å². The van der Waals surface area contributed by atoms with Crippen LogP contribution in [0.1, 0.15) is 5.56 Å². The van der Waals surface area contributed by atoms with Crippen molar-refractivity contribution in [2.75, 3.05) is 14.1 Å². The van der Waals surface area contributed by atoms with Gasteiger partial charge in [-0.15, -0.1) is 0 Å². The van der Waals surface area contributed by atoms with Crippen molar-refractivity contribution in [2.24, 2.45) is 0 Å². The first-order valence-electron chi connectivity index (χ1n) is 3.76. The number of phenolic OH excluding ortho intramolecular Hbond substituents is 2. The lowest BCUT2D eigenvalue weighted by molar-refractivity contribution is 0.368. The molecular formula is C9H13NO2. The van der Waals surface area contributed by atoms with Gasteiger partial charge in [0.2, 0.25) is 0 Å². The fourth-order valence-electron chi connectivity index (χ4n) is 1.04. The van der Waals surface area contributed by atoms with Crippen molar-refractivity contribution < 1.29 is 10.2 Å². The van der Waals surface area contributed by atoms with Gasteiger partial charge in [-0.1, -0.05) is 6.07 Å². The average molecular weight is 167 g/mol. The van der Waals surface area contributed by atoms with E-state index in [9.17, 15) is 10.2 Å². The molecule has 0 spiro atoms. The zero-order valence-corrected chi connectivity index (χ0v) is 7.28. The molecule has 0 aliphatic rings. The molecule has 0 fully saturated rings. The van der Waals surface area contributed by atoms with E-state index in [2.05, 4.69) is 0 Å². The van der Waals surface area contributed by atoms with Crippen molar-refractivity contribution >= 4 is 0 Å². The molecule has 0 aromatic heterocycles. The summed E-state index contributed by atoms with van der Waals surface area (Å²) in [5.74, 6) is 0.285. The lowest BCUT2D eigenvalue weighted by Gasteiger charge is -2.12. The highest BCUT2D eigenvalue weighted by Gasteiger charge is 2.06. The second-order valence-corrected chi connectivity index (χ2v) is 3.01. The minimum atomic E-state index is 0.142. The second kappa shape index (κ2) is 3.45. The molecule has 0 aliphatic carbocycles. The Hall–Kier alpha value is -1.22. The Morgan fingerprint density at radius 1 is 1.17 bits per heavy atom. The Morgan fingerprint density at radius 3 is 2.08 bits per heavy atom. The van der Waals surface area contributed by atoms with E-state index in [1.807, 2.05) is 19.0 Å². The first-order valence-corrected chi connectivity index (χ1v) is 3.76. The summed E-state index contributed by atoms with van der Waals surface area (Å²) >= 11 is 0. The SMILES string of the molecule is CN(C)Cc1c(O)cccc1O. The first kappa shape index (κ1) is 8.87. The topological polar surface area (TPSA) is 43.7 Å². The Morgan fingerprint density at radius 2 is 1.67 bits per heavy atom. The standard InChI is InChI=1S/C9H13NO2/c1-10(2)6-7-8(11)4-3-5-9(7)12/h3-5,11-12H,6H2,1-2H3. The van der Waals surface area contributed by atoms with Crippen LogP contribution in [0.4, 0.5) is 0 Å². The lowest BCUT2D eigenvalue weighted by atomic mass is 10.1. The zero-order chi connectivity index (χ0) is 9.14. The number of hydrogen-bond acceptors (Lipinski definition) is 3. The summed E-state index contributed by atoms with van der Waals surface area (Å²) in [6, 6.07) is 4.75. The van der Waals surface area contributed by atoms with Crippen LogP contribution in [0.2, 0.25) is 0 Å². The Bertz CT molecular complexity index is 251. The number of hydrogen-bond donors (Lipinski definition) is 2. The van der Waals surface area contributed by atoms with Crippen molar-refractivity contribution in [3.05, 3.63) is 23.8 Å². The number of nitrogens with zero attached hydrogens (tertiary/aromatic N) is 1. The van der Waals surface area contributed by atoms with Crippen LogP contribution in [0.25, 0.3) is 0 Å². The van der Waals surface area contributed by atoms with Gasteiger partial charge in [-0.3, -0.25) is 0 Å². The van der Waals surface area contributed by atoms with Crippen LogP contribution >= 0.6 is 0 Å². The molecule has 12 heavy (non-hydrogen) atoms. The largest absolute Gasteiger partial charge is 0.507 e. The van der Waals surface area contributed by atoms with E-state index in [-0.39, 0.29) is 11.5 Å². The first-order chi connectivity index (χ1) is 5.61. The predicted octanol–water partition coefficient (Wildman–Crippen LogP) is 1.16. The van der Waals surface area contributed by atoms with Crippen molar-refractivity contribution in [3.8, 4) is 11.5 Å². The third kappa shape index (κ3) is 1.89. The van der Waals surface area contributed by atoms with Gasteiger partial charge < -0.3 is 15.1 Å². The third-order valence-electron chi connectivity index (χ3n) is 1.60. The summed E-state index contributed by atoms with van der Waals surface area (Å²) < 4.78 is 0. The highest BCUT2D eigenvalue weighted by Crippen LogP contribution is 2.26. The van der Waals surface area contributed by atoms with E-state index in [0.29, 0.717) is 12.1 Å². The van der Waals surface area contributed by atoms with Gasteiger partial charge in [0.25, 0.3) is 0 Å². The third-order valence-corrected chi connectivity index (χ3v) is 1.60. The highest BCUT2D eigenvalue weighted by atomic mass is 16.3. The molecule has 1 rings (SSSR count). The maximum atomic E-state index is 9.35. The summed E-state index contributed by atoms with van der Waals surface area (Å²) in [7, 11) is 3.76. The fourth-order valence-corrected chi connectivity index (χ4v) is 1.04. The summed E-state index contributed by atoms with van der Waals surface area (Å²) in [5.41, 5.74) is 0.572. The van der Waals surface area contributed by atoms with Gasteiger partial charge in [0.15, 0.2) is 0 Å². The molecule has 0 heterocycles. The molecule has 3 nitrogen and oxygen atoms in total. The Labute approximate surface area is 71.9 Å². The van der Waals surface area contributed by atoms with Gasteiger partial charge in [-0.05, 0) is 26.2 Å². The molecule has 0 bridgehead atoms. The molecule has 3 heteroatoms. The molecule has 0 saturated carbocycles. The van der Waals surface area contributed by atoms with Crippen LogP contribution in [-0.2, 0) is 6.54 Å². The maximum Gasteiger partial charge on any atom is 0.123 e. The van der Waals surface area contributed by atoms with Gasteiger partial charge in [0, 0.05) is 12.1 Å². The predicted molar refractivity (Wildman–Crippen MR) is 47.2 cm³/mol. The Kier molecular flexibility index (Phi) is 2.55. The van der Waals surface area contributed by atoms with Crippen LogP contribution in [-0.4, -0.2) is 29.2 Å². The molecule has 0 atom stereocenters. The molecule has 1 aromatic carbocycles. The highest BCUT2D eigenvalue weighted by molar-refractivity contribution is 5.42. The minimum absolute atomic E-state index is 0.142. The zero-order valence-electron chi connectivity index (χ0n) is 7.28. The van der Waals surface area contributed by atoms with E-state index in [1.54, 1.807) is 18.2 Å². The average Bonchev–Trinajstić information content (AvgIpc) is 1.97. The fraction of sp³-hybridized carbons (Fsp3) is 0.333. The molecule has 66 valence electrons. The molecule has 0 amide bonds. The molecular weight excluding hydrogens is 154 g/mol. The summed E-state index contributed by atoms with van der Waals surface area (Å²) in [4.78, 5) is 1.88. The maximum absolute atomic E-state index is 9.35. The summed E-state index contributed by atoms with van der Waals surface area (Å²) in [6.45, 7) is 0.540. The number of phenols is 2. The van der Waals surface area contributed by atoms with Crippen LogP contribution in [0, 0.1) is 0 Å². The lowest BCUT2D eigenvalue weighted by Crippen LogP contribution is -2.10. The van der Waals surface area contributed by atoms with Crippen molar-refractivity contribution in [2.45, 2.75) is 6.54 Å². The van der Waals surface area contributed by atoms with Crippen molar-refractivity contribution in [1.82, 2.24) is 4.90 Å². The quantitative estimate of drug-likeness (QED) is 0.694. The molecule has 0 unspecified atom stereocenters. The van der Waals surface area contributed by atoms with Gasteiger partial charge in [-0.25, -0.2) is 0 Å². The molecule has 2 N–H and O–H groups in total. The summed E-state index contributed by atoms with van der Waals surface area (Å²) in [5, 5.41) is 18.7. The van der Waals surface area contributed by atoms with Crippen molar-refractivity contribution in [1.29, 1.82) is 0 Å². The van der Waals surface area contributed by atoms with Crippen LogP contribution in [0.5, 0.6) is 11.5 Å². The van der Waals surface area contributed by atoms with E-state index < -0.39 is 0 Å². The number of benzene rings is 1. The van der Waals surface area contributed by atoms with E-state index >= 15 is 0 Å². The number of rotatable bonds is 2. The van der Waals surface area contributed by atoms with E-state index in [1.165, 1.54) is 0 Å².